The van der Waals surface area contributed by atoms with E-state index in [-0.39, 0.29) is 13.2 Å². The first-order chi connectivity index (χ1) is 16.2. The average molecular weight is 510 g/mol. The summed E-state index contributed by atoms with van der Waals surface area (Å²) in [7, 11) is 0.617. The number of likely N-dealkylation sites (N-methyl/N-ethyl adjacent to an activating group) is 1. The molecule has 0 aliphatic heterocycles. The van der Waals surface area contributed by atoms with Crippen molar-refractivity contribution in [2.45, 2.75) is 97.8 Å². The van der Waals surface area contributed by atoms with Crippen molar-refractivity contribution in [2.75, 3.05) is 20.8 Å². The maximum absolute atomic E-state index is 13.3. The Balaban J connectivity index is 3.40. The maximum atomic E-state index is 13.3. The molecule has 8 heteroatoms. The number of rotatable bonds is 13. The number of nitrogens with zero attached hydrogens (tertiary/aromatic N) is 1. The molecule has 0 aliphatic carbocycles. The van der Waals surface area contributed by atoms with Crippen LogP contribution in [0.5, 0.6) is 0 Å². The number of benzene rings is 1. The third kappa shape index (κ3) is 8.41. The van der Waals surface area contributed by atoms with E-state index < -0.39 is 37.8 Å². The number of hydrogen-bond acceptors (Lipinski definition) is 6. The van der Waals surface area contributed by atoms with Crippen LogP contribution < -0.4 is 0 Å². The SMILES string of the molecule is CON(C)C(=O)[C@H](OC(=O)C(C)(C)C)[C@@H](CO[Si](C(C)C)(C(C)C)C(C)C)OCc1ccccc1. The van der Waals surface area contributed by atoms with Gasteiger partial charge < -0.3 is 13.9 Å². The van der Waals surface area contributed by atoms with E-state index in [1.54, 1.807) is 20.8 Å². The van der Waals surface area contributed by atoms with Gasteiger partial charge in [0.2, 0.25) is 6.10 Å². The lowest BCUT2D eigenvalue weighted by molar-refractivity contribution is -0.199. The topological polar surface area (TPSA) is 74.3 Å². The highest BCUT2D eigenvalue weighted by Gasteiger charge is 2.47. The first-order valence-corrected chi connectivity index (χ1v) is 14.6. The zero-order valence-corrected chi connectivity index (χ0v) is 24.6. The Morgan fingerprint density at radius 3 is 1.89 bits per heavy atom. The second-order valence-electron chi connectivity index (χ2n) is 11.1. The minimum absolute atomic E-state index is 0.138. The van der Waals surface area contributed by atoms with Crippen molar-refractivity contribution in [3.05, 3.63) is 35.9 Å². The highest BCUT2D eigenvalue weighted by Crippen LogP contribution is 2.42. The van der Waals surface area contributed by atoms with Crippen LogP contribution in [-0.2, 0) is 34.9 Å². The first kappa shape index (κ1) is 31.3. The number of esters is 1. The molecule has 1 amide bonds. The molecule has 0 bridgehead atoms. The van der Waals surface area contributed by atoms with E-state index in [4.69, 9.17) is 18.7 Å². The second-order valence-corrected chi connectivity index (χ2v) is 16.5. The monoisotopic (exact) mass is 509 g/mol. The molecule has 1 aromatic carbocycles. The summed E-state index contributed by atoms with van der Waals surface area (Å²) in [6.07, 6.45) is -2.02. The van der Waals surface area contributed by atoms with Crippen molar-refractivity contribution < 1.29 is 28.3 Å². The highest BCUT2D eigenvalue weighted by molar-refractivity contribution is 6.77. The van der Waals surface area contributed by atoms with Gasteiger partial charge in [0, 0.05) is 7.05 Å². The summed E-state index contributed by atoms with van der Waals surface area (Å²) in [5, 5.41) is 1.07. The normalized spacial score (nSPS) is 14.3. The number of ether oxygens (including phenoxy) is 2. The van der Waals surface area contributed by atoms with Gasteiger partial charge in [-0.3, -0.25) is 14.4 Å². The zero-order valence-electron chi connectivity index (χ0n) is 23.6. The van der Waals surface area contributed by atoms with Gasteiger partial charge in [-0.2, -0.15) is 0 Å². The molecular formula is C27H47NO6Si. The summed E-state index contributed by atoms with van der Waals surface area (Å²) in [6.45, 7) is 18.9. The van der Waals surface area contributed by atoms with Crippen LogP contribution in [0.2, 0.25) is 16.6 Å². The van der Waals surface area contributed by atoms with Gasteiger partial charge in [-0.25, -0.2) is 5.06 Å². The number of hydrogen-bond donors (Lipinski definition) is 0. The number of carbonyl (C=O) groups is 2. The van der Waals surface area contributed by atoms with Crippen molar-refractivity contribution in [2.24, 2.45) is 5.41 Å². The molecule has 0 aromatic heterocycles. The van der Waals surface area contributed by atoms with Gasteiger partial charge in [-0.1, -0.05) is 71.9 Å². The number of amides is 1. The van der Waals surface area contributed by atoms with Gasteiger partial charge in [0.25, 0.3) is 5.91 Å². The van der Waals surface area contributed by atoms with Crippen molar-refractivity contribution in [1.29, 1.82) is 0 Å². The molecule has 0 saturated carbocycles. The van der Waals surface area contributed by atoms with Crippen molar-refractivity contribution >= 4 is 20.2 Å². The molecule has 1 rings (SSSR count). The molecule has 0 heterocycles. The zero-order chi connectivity index (χ0) is 27.0. The summed E-state index contributed by atoms with van der Waals surface area (Å²) < 4.78 is 18.9. The third-order valence-corrected chi connectivity index (χ3v) is 12.6. The molecule has 0 radical (unpaired) electrons. The minimum atomic E-state index is -2.27. The van der Waals surface area contributed by atoms with Gasteiger partial charge in [0.05, 0.1) is 25.7 Å². The van der Waals surface area contributed by atoms with Gasteiger partial charge >= 0.3 is 5.97 Å². The summed E-state index contributed by atoms with van der Waals surface area (Å²) in [6, 6.07) is 9.70. The molecule has 1 aromatic rings. The highest BCUT2D eigenvalue weighted by atomic mass is 28.4. The molecule has 0 saturated heterocycles. The van der Waals surface area contributed by atoms with Gasteiger partial charge in [-0.15, -0.1) is 0 Å². The number of hydroxylamine groups is 2. The Bertz CT molecular complexity index is 769. The van der Waals surface area contributed by atoms with E-state index in [0.717, 1.165) is 10.6 Å². The van der Waals surface area contributed by atoms with Gasteiger partial charge in [0.1, 0.15) is 6.10 Å². The quantitative estimate of drug-likeness (QED) is 0.192. The van der Waals surface area contributed by atoms with Crippen LogP contribution in [-0.4, -0.2) is 58.2 Å². The van der Waals surface area contributed by atoms with Crippen molar-refractivity contribution in [1.82, 2.24) is 5.06 Å². The predicted octanol–water partition coefficient (Wildman–Crippen LogP) is 5.74. The Kier molecular flexibility index (Phi) is 12.1. The maximum Gasteiger partial charge on any atom is 0.312 e. The van der Waals surface area contributed by atoms with Crippen molar-refractivity contribution in [3.8, 4) is 0 Å². The van der Waals surface area contributed by atoms with Crippen LogP contribution in [0.25, 0.3) is 0 Å². The van der Waals surface area contributed by atoms with Gasteiger partial charge in [0.15, 0.2) is 8.32 Å². The lowest BCUT2D eigenvalue weighted by Gasteiger charge is -2.43. The van der Waals surface area contributed by atoms with Crippen LogP contribution in [0.3, 0.4) is 0 Å². The predicted molar refractivity (Wildman–Crippen MR) is 141 cm³/mol. The summed E-state index contributed by atoms with van der Waals surface area (Å²) in [4.78, 5) is 31.3. The molecule has 0 fully saturated rings. The molecule has 200 valence electrons. The Morgan fingerprint density at radius 1 is 0.943 bits per heavy atom. The van der Waals surface area contributed by atoms with Crippen LogP contribution >= 0.6 is 0 Å². The summed E-state index contributed by atoms with van der Waals surface area (Å²) in [5.41, 5.74) is 1.22. The molecule has 0 N–H and O–H groups in total. The van der Waals surface area contributed by atoms with Crippen molar-refractivity contribution in [3.63, 3.8) is 0 Å². The number of carbonyl (C=O) groups excluding carboxylic acids is 2. The molecule has 2 atom stereocenters. The minimum Gasteiger partial charge on any atom is -0.449 e. The molecule has 7 nitrogen and oxygen atoms in total. The second kappa shape index (κ2) is 13.5. The lowest BCUT2D eigenvalue weighted by Crippen LogP contribution is -2.53. The summed E-state index contributed by atoms with van der Waals surface area (Å²) >= 11 is 0. The largest absolute Gasteiger partial charge is 0.449 e. The Labute approximate surface area is 213 Å². The summed E-state index contributed by atoms with van der Waals surface area (Å²) in [5.74, 6) is -0.994. The fraction of sp³-hybridized carbons (Fsp3) is 0.704. The van der Waals surface area contributed by atoms with E-state index in [2.05, 4.69) is 41.5 Å². The fourth-order valence-corrected chi connectivity index (χ4v) is 10.0. The van der Waals surface area contributed by atoms with E-state index in [0.29, 0.717) is 16.6 Å². The van der Waals surface area contributed by atoms with Crippen LogP contribution in [0.15, 0.2) is 30.3 Å². The van der Waals surface area contributed by atoms with Crippen LogP contribution in [0.1, 0.15) is 67.9 Å². The third-order valence-electron chi connectivity index (χ3n) is 6.52. The standard InChI is InChI=1S/C27H47NO6Si/c1-19(2)35(20(3)4,21(5)6)33-18-23(32-17-22-15-13-12-14-16-22)24(25(29)28(10)31-11)34-26(30)27(7,8)9/h12-16,19-21,23-24H,17-18H2,1-11H3/t23-,24-/m1/s1. The molecule has 0 aliphatic rings. The van der Waals surface area contributed by atoms with Crippen LogP contribution in [0, 0.1) is 5.41 Å². The first-order valence-electron chi connectivity index (χ1n) is 12.5. The average Bonchev–Trinajstić information content (AvgIpc) is 2.78. The molecule has 0 spiro atoms. The lowest BCUT2D eigenvalue weighted by atomic mass is 9.97. The van der Waals surface area contributed by atoms with E-state index in [9.17, 15) is 9.59 Å². The molecular weight excluding hydrogens is 462 g/mol. The molecule has 35 heavy (non-hydrogen) atoms. The van der Waals surface area contributed by atoms with Crippen LogP contribution in [0.4, 0.5) is 0 Å². The smallest absolute Gasteiger partial charge is 0.312 e. The van der Waals surface area contributed by atoms with E-state index in [1.165, 1.54) is 14.2 Å². The Hall–Kier alpha value is -1.74. The Morgan fingerprint density at radius 2 is 1.46 bits per heavy atom. The molecule has 0 unspecified atom stereocenters. The van der Waals surface area contributed by atoms with E-state index >= 15 is 0 Å². The van der Waals surface area contributed by atoms with E-state index in [1.807, 2.05) is 30.3 Å². The fourth-order valence-electron chi connectivity index (χ4n) is 4.57. The van der Waals surface area contributed by atoms with Gasteiger partial charge in [-0.05, 0) is 43.0 Å².